The standard InChI is InChI=1S/C37H47N3O7/c1-38-27-18-32(30(45-3)17-26(27)34(42)40-22-37(11-12-37)20-28(40)35(38)43)47-14-6-4-5-13-46-31-15-23-7-8-24-19-36(9-10-36)21-39(24)33(41)25(23)16-29(31)44-2/h15-18,24,28,35,43H,4-14,19-22H2,1-3H3/t24-,28+,35+/m1/s1. The van der Waals surface area contributed by atoms with Crippen molar-refractivity contribution in [2.24, 2.45) is 10.8 Å². The molecule has 4 heterocycles. The Bertz CT molecular complexity index is 1580. The lowest BCUT2D eigenvalue weighted by Gasteiger charge is -2.31. The van der Waals surface area contributed by atoms with Gasteiger partial charge in [-0.05, 0) is 105 Å². The number of amides is 2. The summed E-state index contributed by atoms with van der Waals surface area (Å²) < 4.78 is 23.7. The number of carbonyl (C=O) groups is 2. The number of unbranched alkanes of at least 4 members (excludes halogenated alkanes) is 2. The van der Waals surface area contributed by atoms with Gasteiger partial charge in [0.05, 0.1) is 44.7 Å². The molecule has 3 atom stereocenters. The van der Waals surface area contributed by atoms with Crippen LogP contribution in [-0.4, -0.2) is 92.6 Å². The molecule has 2 spiro atoms. The van der Waals surface area contributed by atoms with Crippen LogP contribution in [0, 0.1) is 10.8 Å². The Morgan fingerprint density at radius 3 is 2.02 bits per heavy atom. The van der Waals surface area contributed by atoms with Crippen molar-refractivity contribution in [3.63, 3.8) is 0 Å². The van der Waals surface area contributed by atoms with Gasteiger partial charge < -0.3 is 38.8 Å². The monoisotopic (exact) mass is 645 g/mol. The van der Waals surface area contributed by atoms with Crippen LogP contribution in [0.15, 0.2) is 24.3 Å². The maximum atomic E-state index is 13.6. The number of benzene rings is 2. The Balaban J connectivity index is 0.858. The number of fused-ring (bicyclic) bond motifs is 4. The number of nitrogens with zero attached hydrogens (tertiary/aromatic N) is 3. The third-order valence-electron chi connectivity index (χ3n) is 11.9. The largest absolute Gasteiger partial charge is 0.493 e. The first-order valence-corrected chi connectivity index (χ1v) is 17.5. The Hall–Kier alpha value is -3.66. The number of carbonyl (C=O) groups excluding carboxylic acids is 2. The van der Waals surface area contributed by atoms with Crippen LogP contribution in [0.4, 0.5) is 5.69 Å². The van der Waals surface area contributed by atoms with E-state index in [9.17, 15) is 14.7 Å². The van der Waals surface area contributed by atoms with Gasteiger partial charge in [0.2, 0.25) is 0 Å². The Morgan fingerprint density at radius 1 is 0.766 bits per heavy atom. The lowest BCUT2D eigenvalue weighted by atomic mass is 9.97. The van der Waals surface area contributed by atoms with Crippen molar-refractivity contribution < 1.29 is 33.6 Å². The van der Waals surface area contributed by atoms with E-state index in [1.54, 1.807) is 20.3 Å². The summed E-state index contributed by atoms with van der Waals surface area (Å²) in [6.45, 7) is 2.63. The lowest BCUT2D eigenvalue weighted by molar-refractivity contribution is 0.0526. The fourth-order valence-corrected chi connectivity index (χ4v) is 8.67. The molecule has 4 aliphatic heterocycles. The summed E-state index contributed by atoms with van der Waals surface area (Å²) in [5, 5.41) is 11.2. The van der Waals surface area contributed by atoms with E-state index in [1.807, 2.05) is 35.0 Å². The van der Waals surface area contributed by atoms with E-state index >= 15 is 0 Å². The van der Waals surface area contributed by atoms with Crippen molar-refractivity contribution in [2.45, 2.75) is 88.9 Å². The second kappa shape index (κ2) is 11.5. The second-order valence-electron chi connectivity index (χ2n) is 15.0. The van der Waals surface area contributed by atoms with Gasteiger partial charge in [-0.15, -0.1) is 0 Å². The Morgan fingerprint density at radius 2 is 1.36 bits per heavy atom. The molecule has 252 valence electrons. The second-order valence-corrected chi connectivity index (χ2v) is 15.0. The molecule has 6 aliphatic rings. The minimum absolute atomic E-state index is 0.0495. The van der Waals surface area contributed by atoms with E-state index in [1.165, 1.54) is 12.8 Å². The Labute approximate surface area is 276 Å². The summed E-state index contributed by atoms with van der Waals surface area (Å²) >= 11 is 0. The first-order valence-electron chi connectivity index (χ1n) is 17.5. The highest BCUT2D eigenvalue weighted by Crippen LogP contribution is 2.57. The normalized spacial score (nSPS) is 26.0. The molecule has 0 unspecified atom stereocenters. The molecule has 1 N–H and O–H groups in total. The van der Waals surface area contributed by atoms with Gasteiger partial charge in [0.1, 0.15) is 6.23 Å². The van der Waals surface area contributed by atoms with Crippen LogP contribution < -0.4 is 23.8 Å². The summed E-state index contributed by atoms with van der Waals surface area (Å²) in [6.07, 6.45) is 10.4. The van der Waals surface area contributed by atoms with Crippen molar-refractivity contribution in [3.8, 4) is 23.0 Å². The van der Waals surface area contributed by atoms with Crippen molar-refractivity contribution >= 4 is 17.5 Å². The van der Waals surface area contributed by atoms with Crippen LogP contribution in [0.2, 0.25) is 0 Å². The van der Waals surface area contributed by atoms with Crippen molar-refractivity contribution in [1.29, 1.82) is 0 Å². The van der Waals surface area contributed by atoms with Crippen molar-refractivity contribution in [1.82, 2.24) is 9.80 Å². The highest BCUT2D eigenvalue weighted by molar-refractivity contribution is 6.02. The lowest BCUT2D eigenvalue weighted by Crippen LogP contribution is -2.47. The molecule has 8 rings (SSSR count). The molecular weight excluding hydrogens is 598 g/mol. The van der Waals surface area contributed by atoms with Gasteiger partial charge in [0, 0.05) is 37.8 Å². The van der Waals surface area contributed by atoms with Crippen LogP contribution >= 0.6 is 0 Å². The highest BCUT2D eigenvalue weighted by atomic mass is 16.5. The molecule has 0 bridgehead atoms. The van der Waals surface area contributed by atoms with Gasteiger partial charge in [0.25, 0.3) is 11.8 Å². The number of rotatable bonds is 10. The van der Waals surface area contributed by atoms with E-state index in [2.05, 4.69) is 4.90 Å². The molecule has 10 heteroatoms. The van der Waals surface area contributed by atoms with Gasteiger partial charge in [-0.25, -0.2) is 0 Å². The number of likely N-dealkylation sites (N-methyl/N-ethyl adjacent to an activating group) is 1. The number of methoxy groups -OCH3 is 2. The van der Waals surface area contributed by atoms with Crippen molar-refractivity contribution in [3.05, 3.63) is 41.0 Å². The molecule has 47 heavy (non-hydrogen) atoms. The molecule has 2 saturated carbocycles. The molecule has 2 saturated heterocycles. The average molecular weight is 646 g/mol. The van der Waals surface area contributed by atoms with Gasteiger partial charge >= 0.3 is 0 Å². The predicted molar refractivity (Wildman–Crippen MR) is 176 cm³/mol. The molecule has 2 aliphatic carbocycles. The van der Waals surface area contributed by atoms with E-state index in [0.29, 0.717) is 65.5 Å². The zero-order valence-corrected chi connectivity index (χ0v) is 27.9. The van der Waals surface area contributed by atoms with E-state index in [0.717, 1.165) is 75.5 Å². The maximum Gasteiger partial charge on any atom is 0.256 e. The number of hydrogen-bond donors (Lipinski definition) is 1. The van der Waals surface area contributed by atoms with Gasteiger partial charge in [-0.2, -0.15) is 0 Å². The maximum absolute atomic E-state index is 13.6. The first kappa shape index (κ1) is 30.7. The zero-order valence-electron chi connectivity index (χ0n) is 27.9. The first-order chi connectivity index (χ1) is 22.7. The molecule has 10 nitrogen and oxygen atoms in total. The fraction of sp³-hybridized carbons (Fsp3) is 0.622. The number of aliphatic hydroxyl groups excluding tert-OH is 1. The number of anilines is 1. The average Bonchev–Trinajstić information content (AvgIpc) is 3.96. The molecular formula is C37H47N3O7. The molecule has 2 amide bonds. The molecule has 0 aromatic heterocycles. The van der Waals surface area contributed by atoms with Crippen LogP contribution in [0.1, 0.15) is 90.5 Å². The smallest absolute Gasteiger partial charge is 0.256 e. The number of aryl methyl sites for hydroxylation is 1. The molecule has 2 aromatic carbocycles. The van der Waals surface area contributed by atoms with Crippen molar-refractivity contribution in [2.75, 3.05) is 52.5 Å². The van der Waals surface area contributed by atoms with Crippen LogP contribution in [0.5, 0.6) is 23.0 Å². The molecule has 2 aromatic rings. The third-order valence-corrected chi connectivity index (χ3v) is 11.9. The minimum Gasteiger partial charge on any atom is -0.493 e. The van der Waals surface area contributed by atoms with Gasteiger partial charge in [0.15, 0.2) is 23.0 Å². The number of hydrogen-bond acceptors (Lipinski definition) is 8. The van der Waals surface area contributed by atoms with Crippen LogP contribution in [0.25, 0.3) is 0 Å². The summed E-state index contributed by atoms with van der Waals surface area (Å²) in [4.78, 5) is 32.9. The van der Waals surface area contributed by atoms with E-state index in [4.69, 9.17) is 18.9 Å². The fourth-order valence-electron chi connectivity index (χ4n) is 8.67. The Kier molecular flexibility index (Phi) is 7.50. The predicted octanol–water partition coefficient (Wildman–Crippen LogP) is 5.04. The van der Waals surface area contributed by atoms with Gasteiger partial charge in [-0.1, -0.05) is 0 Å². The van der Waals surface area contributed by atoms with E-state index < -0.39 is 6.23 Å². The SMILES string of the molecule is COc1cc2c(cc1OCCCCCOc1cc3c(cc1OC)C(=O)N1CC4(CC4)C[C@H]1[C@H](O)N3C)CC[C@@H]1CC3(CC3)CN1C2=O. The minimum atomic E-state index is -0.771. The van der Waals surface area contributed by atoms with Crippen LogP contribution in [-0.2, 0) is 6.42 Å². The van der Waals surface area contributed by atoms with E-state index in [-0.39, 0.29) is 23.3 Å². The summed E-state index contributed by atoms with van der Waals surface area (Å²) in [5.41, 5.74) is 3.62. The summed E-state index contributed by atoms with van der Waals surface area (Å²) in [6, 6.07) is 7.63. The molecule has 4 fully saturated rings. The number of ether oxygens (including phenoxy) is 4. The van der Waals surface area contributed by atoms with Crippen LogP contribution in [0.3, 0.4) is 0 Å². The molecule has 0 radical (unpaired) electrons. The summed E-state index contributed by atoms with van der Waals surface area (Å²) in [5.74, 6) is 2.47. The highest BCUT2D eigenvalue weighted by Gasteiger charge is 2.57. The zero-order chi connectivity index (χ0) is 32.5. The summed E-state index contributed by atoms with van der Waals surface area (Å²) in [7, 11) is 5.06. The van der Waals surface area contributed by atoms with Gasteiger partial charge in [-0.3, -0.25) is 9.59 Å². The number of aliphatic hydroxyl groups is 1. The third kappa shape index (κ3) is 5.36. The quantitative estimate of drug-likeness (QED) is 0.359. The topological polar surface area (TPSA) is 101 Å².